The third kappa shape index (κ3) is 4.48. The zero-order valence-electron chi connectivity index (χ0n) is 10.9. The third-order valence-electron chi connectivity index (χ3n) is 2.82. The molecule has 0 aliphatic rings. The zero-order chi connectivity index (χ0) is 14.6. The molecular formula is C12H20N2O5. The van der Waals surface area contributed by atoms with Crippen molar-refractivity contribution in [2.24, 2.45) is 0 Å². The van der Waals surface area contributed by atoms with Gasteiger partial charge in [-0.15, -0.1) is 0 Å². The average Bonchev–Trinajstić information content (AvgIpc) is 2.37. The molecule has 1 aromatic rings. The van der Waals surface area contributed by atoms with Gasteiger partial charge in [-0.3, -0.25) is 9.97 Å². The Bertz CT molecular complexity index is 382. The first-order valence-electron chi connectivity index (χ1n) is 6.04. The van der Waals surface area contributed by atoms with Crippen LogP contribution in [0.3, 0.4) is 0 Å². The molecule has 5 atom stereocenters. The summed E-state index contributed by atoms with van der Waals surface area (Å²) in [6, 6.07) is 0. The number of aliphatic hydroxyl groups is 5. The third-order valence-corrected chi connectivity index (χ3v) is 2.82. The molecule has 108 valence electrons. The zero-order valence-corrected chi connectivity index (χ0v) is 10.9. The molecule has 0 aromatic carbocycles. The van der Waals surface area contributed by atoms with Gasteiger partial charge in [-0.05, 0) is 13.8 Å². The first-order valence-corrected chi connectivity index (χ1v) is 6.04. The summed E-state index contributed by atoms with van der Waals surface area (Å²) < 4.78 is 0. The predicted molar refractivity (Wildman–Crippen MR) is 66.1 cm³/mol. The highest BCUT2D eigenvalue weighted by molar-refractivity contribution is 5.07. The summed E-state index contributed by atoms with van der Waals surface area (Å²) in [5.74, 6) is 0. The quantitative estimate of drug-likeness (QED) is 0.428. The van der Waals surface area contributed by atoms with E-state index in [1.807, 2.05) is 0 Å². The van der Waals surface area contributed by atoms with Gasteiger partial charge in [0.05, 0.1) is 35.9 Å². The lowest BCUT2D eigenvalue weighted by Gasteiger charge is -2.19. The van der Waals surface area contributed by atoms with Crippen molar-refractivity contribution in [3.8, 4) is 0 Å². The van der Waals surface area contributed by atoms with Gasteiger partial charge in [-0.2, -0.15) is 0 Å². The van der Waals surface area contributed by atoms with Crippen LogP contribution in [0.4, 0.5) is 0 Å². The first-order chi connectivity index (χ1) is 8.82. The van der Waals surface area contributed by atoms with Gasteiger partial charge in [0.1, 0.15) is 12.2 Å². The van der Waals surface area contributed by atoms with E-state index in [4.69, 9.17) is 10.2 Å². The molecule has 0 unspecified atom stereocenters. The maximum atomic E-state index is 9.72. The average molecular weight is 272 g/mol. The van der Waals surface area contributed by atoms with E-state index in [-0.39, 0.29) is 12.1 Å². The van der Waals surface area contributed by atoms with Gasteiger partial charge >= 0.3 is 0 Å². The van der Waals surface area contributed by atoms with Crippen LogP contribution in [-0.4, -0.2) is 59.9 Å². The Morgan fingerprint density at radius 2 is 1.58 bits per heavy atom. The maximum Gasteiger partial charge on any atom is 0.126 e. The molecule has 0 aliphatic carbocycles. The van der Waals surface area contributed by atoms with E-state index in [2.05, 4.69) is 9.97 Å². The highest BCUT2D eigenvalue weighted by atomic mass is 16.4. The standard InChI is InChI=1S/C12H20N2O5/c1-6(15)10(17)3-8-4-14-9(5-13-8)12(19)11(18)7(2)16/h4-7,10-12,15-19H,3H2,1-2H3/t6-,7-,10-,11+,12+/m0/s1. The fourth-order valence-corrected chi connectivity index (χ4v) is 1.45. The minimum absolute atomic E-state index is 0.128. The van der Waals surface area contributed by atoms with Gasteiger partial charge in [0.15, 0.2) is 0 Å². The molecule has 1 aromatic heterocycles. The summed E-state index contributed by atoms with van der Waals surface area (Å²) in [7, 11) is 0. The summed E-state index contributed by atoms with van der Waals surface area (Å²) in [6.07, 6.45) is -2.82. The van der Waals surface area contributed by atoms with Crippen LogP contribution < -0.4 is 0 Å². The minimum atomic E-state index is -1.34. The van der Waals surface area contributed by atoms with Crippen LogP contribution in [0.5, 0.6) is 0 Å². The van der Waals surface area contributed by atoms with E-state index >= 15 is 0 Å². The smallest absolute Gasteiger partial charge is 0.126 e. The molecule has 0 radical (unpaired) electrons. The summed E-state index contributed by atoms with van der Waals surface area (Å²) in [5.41, 5.74) is 0.583. The van der Waals surface area contributed by atoms with Gasteiger partial charge < -0.3 is 25.5 Å². The Morgan fingerprint density at radius 3 is 2.00 bits per heavy atom. The highest BCUT2D eigenvalue weighted by Gasteiger charge is 2.24. The number of hydrogen-bond acceptors (Lipinski definition) is 7. The Balaban J connectivity index is 2.71. The molecule has 1 rings (SSSR count). The van der Waals surface area contributed by atoms with Crippen LogP contribution in [0.15, 0.2) is 12.4 Å². The minimum Gasteiger partial charge on any atom is -0.391 e. The predicted octanol–water partition coefficient (Wildman–Crippen LogP) is -1.46. The van der Waals surface area contributed by atoms with Gasteiger partial charge in [0.2, 0.25) is 0 Å². The Labute approximate surface area is 111 Å². The van der Waals surface area contributed by atoms with Crippen molar-refractivity contribution >= 4 is 0 Å². The van der Waals surface area contributed by atoms with E-state index in [1.165, 1.54) is 26.2 Å². The molecule has 0 aliphatic heterocycles. The fourth-order valence-electron chi connectivity index (χ4n) is 1.45. The molecule has 0 amide bonds. The number of aliphatic hydroxyl groups excluding tert-OH is 5. The van der Waals surface area contributed by atoms with Crippen LogP contribution in [-0.2, 0) is 6.42 Å². The van der Waals surface area contributed by atoms with Gasteiger partial charge in [0, 0.05) is 12.6 Å². The summed E-state index contributed by atoms with van der Waals surface area (Å²) >= 11 is 0. The van der Waals surface area contributed by atoms with Crippen LogP contribution in [0, 0.1) is 0 Å². The molecule has 7 nitrogen and oxygen atoms in total. The van der Waals surface area contributed by atoms with E-state index < -0.39 is 30.5 Å². The molecule has 0 spiro atoms. The molecule has 0 saturated heterocycles. The molecule has 0 saturated carbocycles. The van der Waals surface area contributed by atoms with Gasteiger partial charge in [-0.25, -0.2) is 0 Å². The Kier molecular flexibility index (Phi) is 5.77. The fraction of sp³-hybridized carbons (Fsp3) is 0.667. The van der Waals surface area contributed by atoms with Crippen molar-refractivity contribution in [1.82, 2.24) is 9.97 Å². The second-order valence-corrected chi connectivity index (χ2v) is 4.62. The number of rotatable bonds is 6. The Morgan fingerprint density at radius 1 is 0.947 bits per heavy atom. The highest BCUT2D eigenvalue weighted by Crippen LogP contribution is 2.16. The normalized spacial score (nSPS) is 19.5. The molecule has 7 heteroatoms. The lowest BCUT2D eigenvalue weighted by molar-refractivity contribution is -0.0549. The molecule has 5 N–H and O–H groups in total. The molecule has 19 heavy (non-hydrogen) atoms. The maximum absolute atomic E-state index is 9.72. The number of nitrogens with zero attached hydrogens (tertiary/aromatic N) is 2. The van der Waals surface area contributed by atoms with E-state index in [1.54, 1.807) is 0 Å². The van der Waals surface area contributed by atoms with Crippen LogP contribution >= 0.6 is 0 Å². The van der Waals surface area contributed by atoms with Gasteiger partial charge in [0.25, 0.3) is 0 Å². The van der Waals surface area contributed by atoms with Crippen LogP contribution in [0.2, 0.25) is 0 Å². The largest absolute Gasteiger partial charge is 0.391 e. The van der Waals surface area contributed by atoms with Crippen LogP contribution in [0.1, 0.15) is 31.3 Å². The second kappa shape index (κ2) is 6.88. The molecule has 1 heterocycles. The van der Waals surface area contributed by atoms with E-state index in [0.29, 0.717) is 5.69 Å². The van der Waals surface area contributed by atoms with E-state index in [9.17, 15) is 15.3 Å². The first kappa shape index (κ1) is 15.9. The van der Waals surface area contributed by atoms with Gasteiger partial charge in [-0.1, -0.05) is 0 Å². The van der Waals surface area contributed by atoms with Crippen molar-refractivity contribution in [2.45, 2.75) is 50.8 Å². The molecule has 0 fully saturated rings. The summed E-state index contributed by atoms with van der Waals surface area (Å²) in [6.45, 7) is 2.82. The molecule has 0 bridgehead atoms. The lowest BCUT2D eigenvalue weighted by atomic mass is 10.1. The van der Waals surface area contributed by atoms with Crippen molar-refractivity contribution in [3.63, 3.8) is 0 Å². The summed E-state index contributed by atoms with van der Waals surface area (Å²) in [5, 5.41) is 47.0. The monoisotopic (exact) mass is 272 g/mol. The van der Waals surface area contributed by atoms with Crippen molar-refractivity contribution in [3.05, 3.63) is 23.8 Å². The SMILES string of the molecule is C[C@H](O)[C@@H](O)[C@H](O)c1cnc(C[C@H](O)[C@H](C)O)cn1. The van der Waals surface area contributed by atoms with Crippen molar-refractivity contribution in [2.75, 3.05) is 0 Å². The van der Waals surface area contributed by atoms with Crippen molar-refractivity contribution < 1.29 is 25.5 Å². The second-order valence-electron chi connectivity index (χ2n) is 4.62. The summed E-state index contributed by atoms with van der Waals surface area (Å²) in [4.78, 5) is 7.90. The van der Waals surface area contributed by atoms with E-state index in [0.717, 1.165) is 0 Å². The molecular weight excluding hydrogens is 252 g/mol. The lowest BCUT2D eigenvalue weighted by Crippen LogP contribution is -2.30. The topological polar surface area (TPSA) is 127 Å². The number of aromatic nitrogens is 2. The number of hydrogen-bond donors (Lipinski definition) is 5. The van der Waals surface area contributed by atoms with Crippen molar-refractivity contribution in [1.29, 1.82) is 0 Å². The Hall–Kier alpha value is -1.12. The van der Waals surface area contributed by atoms with Crippen LogP contribution in [0.25, 0.3) is 0 Å².